The molecule has 3 N–H and O–H groups in total. The number of fused-ring (bicyclic) bond motifs is 1. The van der Waals surface area contributed by atoms with Crippen molar-refractivity contribution in [3.05, 3.63) is 62.4 Å². The molecule has 184 valence electrons. The van der Waals surface area contributed by atoms with Gasteiger partial charge in [0, 0.05) is 24.8 Å². The molecule has 0 radical (unpaired) electrons. The Kier molecular flexibility index (Phi) is 6.62. The monoisotopic (exact) mass is 494 g/mol. The molecular formula is C26H32N5O3S+. The third-order valence-electron chi connectivity index (χ3n) is 7.17. The summed E-state index contributed by atoms with van der Waals surface area (Å²) in [5.41, 5.74) is 2.91. The molecule has 0 bridgehead atoms. The molecule has 0 saturated carbocycles. The topological polar surface area (TPSA) is 89.6 Å². The third kappa shape index (κ3) is 4.58. The molecule has 3 heterocycles. The molecule has 1 saturated heterocycles. The highest BCUT2D eigenvalue weighted by molar-refractivity contribution is 7.17. The van der Waals surface area contributed by atoms with Crippen LogP contribution in [0.3, 0.4) is 0 Å². The lowest BCUT2D eigenvalue weighted by atomic mass is 9.95. The third-order valence-corrected chi connectivity index (χ3v) is 8.37. The maximum atomic E-state index is 13.6. The van der Waals surface area contributed by atoms with E-state index in [1.165, 1.54) is 16.2 Å². The second kappa shape index (κ2) is 9.83. The van der Waals surface area contributed by atoms with Gasteiger partial charge in [-0.15, -0.1) is 11.3 Å². The van der Waals surface area contributed by atoms with Gasteiger partial charge in [-0.2, -0.15) is 0 Å². The van der Waals surface area contributed by atoms with Gasteiger partial charge < -0.3 is 15.5 Å². The predicted molar refractivity (Wildman–Crippen MR) is 138 cm³/mol. The molecular weight excluding hydrogens is 462 g/mol. The number of carbonyl (C=O) groups excluding carboxylic acids is 2. The fourth-order valence-corrected chi connectivity index (χ4v) is 6.54. The highest BCUT2D eigenvalue weighted by Crippen LogP contribution is 2.38. The number of para-hydroxylation sites is 1. The molecule has 9 heteroatoms. The number of hydrogen-bond acceptors (Lipinski definition) is 4. The molecule has 0 spiro atoms. The normalized spacial score (nSPS) is 15.7. The molecule has 1 fully saturated rings. The number of aromatic nitrogens is 2. The molecule has 1 aliphatic carbocycles. The van der Waals surface area contributed by atoms with Gasteiger partial charge >= 0.3 is 0 Å². The molecule has 3 aromatic rings. The largest absolute Gasteiger partial charge is 0.327 e. The lowest BCUT2D eigenvalue weighted by molar-refractivity contribution is -0.878. The number of thiophene rings is 1. The van der Waals surface area contributed by atoms with Crippen molar-refractivity contribution in [2.75, 3.05) is 30.3 Å². The van der Waals surface area contributed by atoms with Crippen LogP contribution in [0, 0.1) is 6.92 Å². The smallest absolute Gasteiger partial charge is 0.295 e. The number of nitrogens with zero attached hydrogens (tertiary/aromatic N) is 2. The number of rotatable bonds is 6. The molecule has 2 amide bonds. The first-order valence-corrected chi connectivity index (χ1v) is 13.2. The van der Waals surface area contributed by atoms with Crippen molar-refractivity contribution in [1.29, 1.82) is 0 Å². The van der Waals surface area contributed by atoms with Crippen molar-refractivity contribution in [1.82, 2.24) is 9.36 Å². The van der Waals surface area contributed by atoms with Crippen molar-refractivity contribution in [2.45, 2.75) is 45.4 Å². The van der Waals surface area contributed by atoms with E-state index in [1.807, 2.05) is 37.3 Å². The van der Waals surface area contributed by atoms with E-state index in [0.717, 1.165) is 67.7 Å². The van der Waals surface area contributed by atoms with Crippen LogP contribution in [-0.4, -0.2) is 40.8 Å². The second-order valence-electron chi connectivity index (χ2n) is 9.49. The number of amides is 2. The van der Waals surface area contributed by atoms with Gasteiger partial charge in [-0.1, -0.05) is 18.2 Å². The van der Waals surface area contributed by atoms with Crippen LogP contribution in [-0.2, 0) is 24.7 Å². The zero-order valence-electron chi connectivity index (χ0n) is 20.3. The summed E-state index contributed by atoms with van der Waals surface area (Å²) in [4.78, 5) is 42.2. The molecule has 1 aliphatic heterocycles. The fourth-order valence-electron chi connectivity index (χ4n) is 5.23. The Hall–Kier alpha value is -3.17. The van der Waals surface area contributed by atoms with E-state index < -0.39 is 0 Å². The van der Waals surface area contributed by atoms with Crippen LogP contribution in [0.2, 0.25) is 0 Å². The first-order chi connectivity index (χ1) is 16.9. The Labute approximate surface area is 208 Å². The van der Waals surface area contributed by atoms with Crippen molar-refractivity contribution < 1.29 is 14.5 Å². The molecule has 0 atom stereocenters. The van der Waals surface area contributed by atoms with Gasteiger partial charge in [0.25, 0.3) is 17.4 Å². The summed E-state index contributed by atoms with van der Waals surface area (Å²) < 4.78 is 3.30. The second-order valence-corrected chi connectivity index (χ2v) is 10.6. The number of carbonyl (C=O) groups is 2. The summed E-state index contributed by atoms with van der Waals surface area (Å²) in [7, 11) is 1.80. The number of nitrogens with one attached hydrogen (secondary N) is 3. The number of hydrogen-bond donors (Lipinski definition) is 3. The van der Waals surface area contributed by atoms with E-state index in [2.05, 4.69) is 10.6 Å². The van der Waals surface area contributed by atoms with Crippen LogP contribution in [0.15, 0.2) is 35.1 Å². The lowest BCUT2D eigenvalue weighted by Crippen LogP contribution is -3.11. The summed E-state index contributed by atoms with van der Waals surface area (Å²) in [6, 6.07) is 9.36. The Morgan fingerprint density at radius 2 is 1.74 bits per heavy atom. The highest BCUT2D eigenvalue weighted by Gasteiger charge is 2.29. The maximum Gasteiger partial charge on any atom is 0.295 e. The predicted octanol–water partition coefficient (Wildman–Crippen LogP) is 2.29. The zero-order chi connectivity index (χ0) is 24.5. The molecule has 1 aromatic carbocycles. The molecule has 35 heavy (non-hydrogen) atoms. The van der Waals surface area contributed by atoms with Gasteiger partial charge in [0.2, 0.25) is 0 Å². The van der Waals surface area contributed by atoms with E-state index in [1.54, 1.807) is 16.4 Å². The SMILES string of the molecule is Cc1c(NC(=O)c2c(NC(=O)C[NH+]3CCCC3)sc3c2CCCC3)c(=O)n(-c2ccccc2)n1C. The summed E-state index contributed by atoms with van der Waals surface area (Å²) in [6.07, 6.45) is 6.13. The fraction of sp³-hybridized carbons (Fsp3) is 0.423. The van der Waals surface area contributed by atoms with E-state index in [4.69, 9.17) is 0 Å². The van der Waals surface area contributed by atoms with Crippen molar-refractivity contribution in [3.63, 3.8) is 0 Å². The molecule has 5 rings (SSSR count). The lowest BCUT2D eigenvalue weighted by Gasteiger charge is -2.14. The number of quaternary nitrogens is 1. The maximum absolute atomic E-state index is 13.6. The van der Waals surface area contributed by atoms with Gasteiger partial charge in [0.05, 0.1) is 30.0 Å². The zero-order valence-corrected chi connectivity index (χ0v) is 21.1. The van der Waals surface area contributed by atoms with Gasteiger partial charge in [-0.3, -0.25) is 19.1 Å². The summed E-state index contributed by atoms with van der Waals surface area (Å²) in [5.74, 6) is -0.392. The van der Waals surface area contributed by atoms with Gasteiger partial charge in [0.15, 0.2) is 6.54 Å². The van der Waals surface area contributed by atoms with E-state index in [0.29, 0.717) is 22.8 Å². The van der Waals surface area contributed by atoms with E-state index in [-0.39, 0.29) is 23.1 Å². The average Bonchev–Trinajstić information content (AvgIpc) is 3.54. The first kappa shape index (κ1) is 23.6. The van der Waals surface area contributed by atoms with Crippen LogP contribution >= 0.6 is 11.3 Å². The Morgan fingerprint density at radius 3 is 2.49 bits per heavy atom. The minimum absolute atomic E-state index is 0.0585. The van der Waals surface area contributed by atoms with E-state index in [9.17, 15) is 14.4 Å². The molecule has 0 unspecified atom stereocenters. The minimum Gasteiger partial charge on any atom is -0.327 e. The van der Waals surface area contributed by atoms with Crippen LogP contribution in [0.4, 0.5) is 10.7 Å². The van der Waals surface area contributed by atoms with Crippen LogP contribution in [0.5, 0.6) is 0 Å². The molecule has 2 aromatic heterocycles. The molecule has 8 nitrogen and oxygen atoms in total. The average molecular weight is 495 g/mol. The van der Waals surface area contributed by atoms with Gasteiger partial charge in [-0.25, -0.2) is 4.68 Å². The Balaban J connectivity index is 1.45. The summed E-state index contributed by atoms with van der Waals surface area (Å²) in [5, 5.41) is 6.55. The summed E-state index contributed by atoms with van der Waals surface area (Å²) in [6.45, 7) is 4.27. The summed E-state index contributed by atoms with van der Waals surface area (Å²) >= 11 is 1.51. The van der Waals surface area contributed by atoms with Crippen molar-refractivity contribution >= 4 is 33.8 Å². The van der Waals surface area contributed by atoms with Crippen molar-refractivity contribution in [2.24, 2.45) is 7.05 Å². The van der Waals surface area contributed by atoms with Gasteiger partial charge in [0.1, 0.15) is 10.7 Å². The van der Waals surface area contributed by atoms with Crippen LogP contribution < -0.4 is 21.1 Å². The number of likely N-dealkylation sites (tertiary alicyclic amines) is 1. The Bertz CT molecular complexity index is 1310. The number of anilines is 2. The Morgan fingerprint density at radius 1 is 1.03 bits per heavy atom. The minimum atomic E-state index is -0.334. The quantitative estimate of drug-likeness (QED) is 0.491. The van der Waals surface area contributed by atoms with Crippen LogP contribution in [0.1, 0.15) is 52.2 Å². The highest BCUT2D eigenvalue weighted by atomic mass is 32.1. The standard InChI is InChI=1S/C26H31N5O3S/c1-17-23(26(34)31(29(17)2)18-10-4-3-5-11-18)28-24(33)22-19-12-6-7-13-20(19)35-25(22)27-21(32)16-30-14-8-9-15-30/h3-5,10-11H,6-9,12-16H2,1-2H3,(H,27,32)(H,28,33)/p+1. The van der Waals surface area contributed by atoms with E-state index >= 15 is 0 Å². The first-order valence-electron chi connectivity index (χ1n) is 12.4. The van der Waals surface area contributed by atoms with Gasteiger partial charge in [-0.05, 0) is 50.3 Å². The van der Waals surface area contributed by atoms with Crippen molar-refractivity contribution in [3.8, 4) is 5.69 Å². The number of benzene rings is 1. The molecule has 2 aliphatic rings. The number of aryl methyl sites for hydroxylation is 1. The van der Waals surface area contributed by atoms with Crippen LogP contribution in [0.25, 0.3) is 5.69 Å².